The molecular formula is C17H20N2O4. The first kappa shape index (κ1) is 14.4. The highest BCUT2D eigenvalue weighted by molar-refractivity contribution is 6.01. The van der Waals surface area contributed by atoms with Gasteiger partial charge in [-0.25, -0.2) is 0 Å². The van der Waals surface area contributed by atoms with Gasteiger partial charge in [0, 0.05) is 19.1 Å². The molecule has 6 heteroatoms. The first-order chi connectivity index (χ1) is 11.2. The van der Waals surface area contributed by atoms with Gasteiger partial charge in [-0.2, -0.15) is 0 Å². The third-order valence-electron chi connectivity index (χ3n) is 4.95. The summed E-state index contributed by atoms with van der Waals surface area (Å²) >= 11 is 0. The molecule has 3 aliphatic heterocycles. The van der Waals surface area contributed by atoms with Crippen molar-refractivity contribution in [1.82, 2.24) is 9.80 Å². The van der Waals surface area contributed by atoms with E-state index >= 15 is 0 Å². The van der Waals surface area contributed by atoms with Crippen LogP contribution in [0.5, 0.6) is 11.5 Å². The number of para-hydroxylation sites is 1. The zero-order valence-electron chi connectivity index (χ0n) is 13.2. The van der Waals surface area contributed by atoms with Crippen LogP contribution in [0, 0.1) is 0 Å². The molecule has 2 atom stereocenters. The van der Waals surface area contributed by atoms with E-state index in [1.54, 1.807) is 23.1 Å². The van der Waals surface area contributed by atoms with E-state index in [1.165, 1.54) is 0 Å². The molecule has 0 unspecified atom stereocenters. The van der Waals surface area contributed by atoms with E-state index in [1.807, 2.05) is 11.8 Å². The molecule has 0 bridgehead atoms. The minimum absolute atomic E-state index is 0.0501. The molecule has 4 rings (SSSR count). The highest BCUT2D eigenvalue weighted by atomic mass is 16.6. The Kier molecular flexibility index (Phi) is 3.39. The Balaban J connectivity index is 1.65. The molecule has 23 heavy (non-hydrogen) atoms. The second kappa shape index (κ2) is 5.44. The zero-order chi connectivity index (χ0) is 16.0. The predicted octanol–water partition coefficient (Wildman–Crippen LogP) is 1.29. The van der Waals surface area contributed by atoms with Crippen LogP contribution in [0.3, 0.4) is 0 Å². The average molecular weight is 316 g/mol. The summed E-state index contributed by atoms with van der Waals surface area (Å²) in [6, 6.07) is 5.05. The van der Waals surface area contributed by atoms with Gasteiger partial charge in [-0.05, 0) is 31.9 Å². The lowest BCUT2D eigenvalue weighted by Crippen LogP contribution is -2.60. The first-order valence-corrected chi connectivity index (χ1v) is 8.17. The highest BCUT2D eigenvalue weighted by Crippen LogP contribution is 2.35. The normalized spacial score (nSPS) is 26.2. The summed E-state index contributed by atoms with van der Waals surface area (Å²) in [7, 11) is 0. The molecule has 122 valence electrons. The number of nitrogens with zero attached hydrogens (tertiary/aromatic N) is 2. The van der Waals surface area contributed by atoms with Crippen molar-refractivity contribution in [3.8, 4) is 11.5 Å². The number of fused-ring (bicyclic) bond motifs is 2. The second-order valence-electron chi connectivity index (χ2n) is 6.29. The van der Waals surface area contributed by atoms with Crippen molar-refractivity contribution in [3.05, 3.63) is 23.8 Å². The molecular weight excluding hydrogens is 296 g/mol. The van der Waals surface area contributed by atoms with Gasteiger partial charge in [-0.1, -0.05) is 6.07 Å². The predicted molar refractivity (Wildman–Crippen MR) is 82.7 cm³/mol. The SMILES string of the molecule is C[C@H]1C(=O)N2CCC[C@H]2CN1C(=O)c1cccc2c1OCCO2. The molecule has 1 aromatic rings. The summed E-state index contributed by atoms with van der Waals surface area (Å²) in [5.74, 6) is 0.992. The van der Waals surface area contributed by atoms with Crippen LogP contribution in [0.4, 0.5) is 0 Å². The molecule has 6 nitrogen and oxygen atoms in total. The standard InChI is InChI=1S/C17H20N2O4/c1-11-16(20)18-7-3-4-12(18)10-19(11)17(21)13-5-2-6-14-15(13)23-9-8-22-14/h2,5-6,11-12H,3-4,7-10H2,1H3/t11-,12-/m0/s1. The highest BCUT2D eigenvalue weighted by Gasteiger charge is 2.42. The number of benzene rings is 1. The van der Waals surface area contributed by atoms with Gasteiger partial charge in [0.15, 0.2) is 11.5 Å². The molecule has 2 fully saturated rings. The summed E-state index contributed by atoms with van der Waals surface area (Å²) in [4.78, 5) is 29.2. The van der Waals surface area contributed by atoms with Crippen molar-refractivity contribution in [2.24, 2.45) is 0 Å². The molecule has 3 aliphatic rings. The van der Waals surface area contributed by atoms with E-state index in [2.05, 4.69) is 0 Å². The van der Waals surface area contributed by atoms with E-state index in [0.717, 1.165) is 19.4 Å². The Hall–Kier alpha value is -2.24. The lowest BCUT2D eigenvalue weighted by atomic mass is 10.0. The monoisotopic (exact) mass is 316 g/mol. The van der Waals surface area contributed by atoms with E-state index in [0.29, 0.717) is 36.8 Å². The Bertz CT molecular complexity index is 660. The Morgan fingerprint density at radius 1 is 1.26 bits per heavy atom. The number of carbonyl (C=O) groups is 2. The number of hydrogen-bond donors (Lipinski definition) is 0. The van der Waals surface area contributed by atoms with Crippen LogP contribution in [0.2, 0.25) is 0 Å². The number of ether oxygens (including phenoxy) is 2. The van der Waals surface area contributed by atoms with Crippen molar-refractivity contribution in [2.45, 2.75) is 31.8 Å². The fraction of sp³-hybridized carbons (Fsp3) is 0.529. The fourth-order valence-electron chi connectivity index (χ4n) is 3.73. The Labute approximate surface area is 134 Å². The van der Waals surface area contributed by atoms with E-state index in [-0.39, 0.29) is 17.9 Å². The molecule has 0 radical (unpaired) electrons. The molecule has 0 saturated carbocycles. The third kappa shape index (κ3) is 2.24. The van der Waals surface area contributed by atoms with Crippen LogP contribution in [-0.4, -0.2) is 60.0 Å². The van der Waals surface area contributed by atoms with Gasteiger partial charge in [0.25, 0.3) is 5.91 Å². The van der Waals surface area contributed by atoms with Gasteiger partial charge < -0.3 is 19.3 Å². The van der Waals surface area contributed by atoms with Crippen molar-refractivity contribution in [1.29, 1.82) is 0 Å². The van der Waals surface area contributed by atoms with E-state index in [9.17, 15) is 9.59 Å². The first-order valence-electron chi connectivity index (χ1n) is 8.17. The van der Waals surface area contributed by atoms with Gasteiger partial charge in [0.05, 0.1) is 5.56 Å². The van der Waals surface area contributed by atoms with Crippen LogP contribution in [0.25, 0.3) is 0 Å². The number of piperazine rings is 1. The van der Waals surface area contributed by atoms with Crippen molar-refractivity contribution in [3.63, 3.8) is 0 Å². The fourth-order valence-corrected chi connectivity index (χ4v) is 3.73. The van der Waals surface area contributed by atoms with Crippen molar-refractivity contribution >= 4 is 11.8 Å². The molecule has 3 heterocycles. The van der Waals surface area contributed by atoms with Gasteiger partial charge >= 0.3 is 0 Å². The molecule has 0 spiro atoms. The maximum Gasteiger partial charge on any atom is 0.258 e. The maximum absolute atomic E-state index is 13.0. The van der Waals surface area contributed by atoms with Gasteiger partial charge in [-0.3, -0.25) is 9.59 Å². The lowest BCUT2D eigenvalue weighted by Gasteiger charge is -2.41. The van der Waals surface area contributed by atoms with Crippen molar-refractivity contribution in [2.75, 3.05) is 26.3 Å². The summed E-state index contributed by atoms with van der Waals surface area (Å²) in [5, 5.41) is 0. The quantitative estimate of drug-likeness (QED) is 0.783. The van der Waals surface area contributed by atoms with Crippen LogP contribution < -0.4 is 9.47 Å². The maximum atomic E-state index is 13.0. The van der Waals surface area contributed by atoms with Crippen LogP contribution in [0.1, 0.15) is 30.1 Å². The minimum atomic E-state index is -0.433. The summed E-state index contributed by atoms with van der Waals surface area (Å²) in [6.07, 6.45) is 1.98. The summed E-state index contributed by atoms with van der Waals surface area (Å²) in [5.41, 5.74) is 0.480. The van der Waals surface area contributed by atoms with Gasteiger partial charge in [-0.15, -0.1) is 0 Å². The average Bonchev–Trinajstić information content (AvgIpc) is 3.05. The molecule has 0 N–H and O–H groups in total. The summed E-state index contributed by atoms with van der Waals surface area (Å²) in [6.45, 7) is 4.13. The Morgan fingerprint density at radius 3 is 2.96 bits per heavy atom. The number of hydrogen-bond acceptors (Lipinski definition) is 4. The molecule has 0 aliphatic carbocycles. The topological polar surface area (TPSA) is 59.1 Å². The number of amides is 2. The van der Waals surface area contributed by atoms with E-state index < -0.39 is 6.04 Å². The van der Waals surface area contributed by atoms with E-state index in [4.69, 9.17) is 9.47 Å². The van der Waals surface area contributed by atoms with Crippen LogP contribution >= 0.6 is 0 Å². The zero-order valence-corrected chi connectivity index (χ0v) is 13.2. The Morgan fingerprint density at radius 2 is 2.09 bits per heavy atom. The van der Waals surface area contributed by atoms with Gasteiger partial charge in [0.1, 0.15) is 19.3 Å². The lowest BCUT2D eigenvalue weighted by molar-refractivity contribution is -0.141. The van der Waals surface area contributed by atoms with Gasteiger partial charge in [0.2, 0.25) is 5.91 Å². The molecule has 2 saturated heterocycles. The van der Waals surface area contributed by atoms with Crippen LogP contribution in [0.15, 0.2) is 18.2 Å². The van der Waals surface area contributed by atoms with Crippen molar-refractivity contribution < 1.29 is 19.1 Å². The molecule has 0 aromatic heterocycles. The smallest absolute Gasteiger partial charge is 0.258 e. The minimum Gasteiger partial charge on any atom is -0.486 e. The second-order valence-corrected chi connectivity index (χ2v) is 6.29. The summed E-state index contributed by atoms with van der Waals surface area (Å²) < 4.78 is 11.2. The third-order valence-corrected chi connectivity index (χ3v) is 4.95. The number of rotatable bonds is 1. The number of carbonyl (C=O) groups excluding carboxylic acids is 2. The van der Waals surface area contributed by atoms with Crippen LogP contribution in [-0.2, 0) is 4.79 Å². The molecule has 1 aromatic carbocycles. The largest absolute Gasteiger partial charge is 0.486 e. The molecule has 2 amide bonds.